The molecular weight excluding hydrogens is 274 g/mol. The number of carbonyl (C=O) groups excluding carboxylic acids is 2. The van der Waals surface area contributed by atoms with Gasteiger partial charge in [0.05, 0.1) is 18.0 Å². The van der Waals surface area contributed by atoms with Crippen molar-refractivity contribution in [1.29, 1.82) is 0 Å². The summed E-state index contributed by atoms with van der Waals surface area (Å²) in [5.41, 5.74) is -0.900. The van der Waals surface area contributed by atoms with Crippen LogP contribution in [-0.4, -0.2) is 28.0 Å². The number of rotatable bonds is 4. The molecule has 0 bridgehead atoms. The molecule has 1 amide bonds. The highest BCUT2D eigenvalue weighted by atomic mass is 32.1. The van der Waals surface area contributed by atoms with Gasteiger partial charge in [0.2, 0.25) is 5.91 Å². The largest absolute Gasteiger partial charge is 0.548 e. The second-order valence-electron chi connectivity index (χ2n) is 3.63. The molecule has 2 aromatic rings. The highest BCUT2D eigenvalue weighted by molar-refractivity contribution is 7.17. The molecule has 100 valence electrons. The maximum absolute atomic E-state index is 11.9. The van der Waals surface area contributed by atoms with E-state index < -0.39 is 36.2 Å². The van der Waals surface area contributed by atoms with Crippen LogP contribution in [0.4, 0.5) is 0 Å². The Morgan fingerprint density at radius 1 is 1.42 bits per heavy atom. The minimum absolute atomic E-state index is 0.326. The first-order valence-corrected chi connectivity index (χ1v) is 6.04. The van der Waals surface area contributed by atoms with Crippen molar-refractivity contribution in [3.05, 3.63) is 32.3 Å². The Morgan fingerprint density at radius 2 is 2.16 bits per heavy atom. The van der Waals surface area contributed by atoms with E-state index >= 15 is 0 Å². The number of carboxylic acids is 1. The zero-order chi connectivity index (χ0) is 14.0. The summed E-state index contributed by atoms with van der Waals surface area (Å²) >= 11 is 1.14. The Labute approximate surface area is 109 Å². The Morgan fingerprint density at radius 3 is 2.84 bits per heavy atom. The zero-order valence-electron chi connectivity index (χ0n) is 9.47. The van der Waals surface area contributed by atoms with Gasteiger partial charge in [-0.3, -0.25) is 9.59 Å². The zero-order valence-corrected chi connectivity index (χ0v) is 10.3. The molecular formula is C10H8N3O5S-. The van der Waals surface area contributed by atoms with Crippen molar-refractivity contribution in [3.63, 3.8) is 0 Å². The van der Waals surface area contributed by atoms with Gasteiger partial charge in [-0.05, 0) is 11.4 Å². The molecule has 0 saturated carbocycles. The predicted molar refractivity (Wildman–Crippen MR) is 64.7 cm³/mol. The lowest BCUT2D eigenvalue weighted by atomic mass is 10.4. The second-order valence-corrected chi connectivity index (χ2v) is 4.55. The third-order valence-corrected chi connectivity index (χ3v) is 3.23. The highest BCUT2D eigenvalue weighted by Gasteiger charge is 2.11. The summed E-state index contributed by atoms with van der Waals surface area (Å²) in [5.74, 6) is -2.21. The van der Waals surface area contributed by atoms with Gasteiger partial charge >= 0.3 is 5.69 Å². The number of thiophene rings is 1. The average molecular weight is 282 g/mol. The number of nitrogens with zero attached hydrogens (tertiary/aromatic N) is 1. The number of nitrogens with one attached hydrogen (secondary N) is 2. The summed E-state index contributed by atoms with van der Waals surface area (Å²) in [4.78, 5) is 47.6. The number of amides is 1. The van der Waals surface area contributed by atoms with Crippen LogP contribution < -0.4 is 21.7 Å². The lowest BCUT2D eigenvalue weighted by molar-refractivity contribution is -0.304. The standard InChI is InChI=1S/C10H9N3O5S/c14-6(11-3-7(15)16)4-13-9(17)8-5(1-2-19-8)12-10(13)18/h1-2H,3-4H2,(H,11,14)(H,12,18)(H,15,16)/p-1. The summed E-state index contributed by atoms with van der Waals surface area (Å²) < 4.78 is 1.04. The lowest BCUT2D eigenvalue weighted by Crippen LogP contribution is -2.43. The first-order valence-electron chi connectivity index (χ1n) is 5.16. The number of aromatic amines is 1. The summed E-state index contributed by atoms with van der Waals surface area (Å²) in [6.45, 7) is -1.22. The van der Waals surface area contributed by atoms with E-state index in [0.717, 1.165) is 11.3 Å². The molecule has 0 spiro atoms. The van der Waals surface area contributed by atoms with Gasteiger partial charge in [0.25, 0.3) is 5.56 Å². The van der Waals surface area contributed by atoms with Crippen molar-refractivity contribution >= 4 is 33.4 Å². The molecule has 0 aromatic carbocycles. The Balaban J connectivity index is 2.30. The van der Waals surface area contributed by atoms with Crippen LogP contribution in [0.5, 0.6) is 0 Å². The molecule has 8 nitrogen and oxygen atoms in total. The van der Waals surface area contributed by atoms with E-state index in [1.165, 1.54) is 0 Å². The lowest BCUT2D eigenvalue weighted by Gasteiger charge is -2.07. The summed E-state index contributed by atoms with van der Waals surface area (Å²) in [5, 5.41) is 13.8. The average Bonchev–Trinajstić information content (AvgIpc) is 2.80. The van der Waals surface area contributed by atoms with E-state index in [4.69, 9.17) is 0 Å². The van der Waals surface area contributed by atoms with Crippen LogP contribution in [0.15, 0.2) is 21.0 Å². The van der Waals surface area contributed by atoms with E-state index in [1.807, 2.05) is 5.32 Å². The molecule has 0 unspecified atom stereocenters. The molecule has 2 N–H and O–H groups in total. The van der Waals surface area contributed by atoms with E-state index in [-0.39, 0.29) is 0 Å². The molecule has 0 fully saturated rings. The van der Waals surface area contributed by atoms with Crippen molar-refractivity contribution < 1.29 is 14.7 Å². The van der Waals surface area contributed by atoms with E-state index in [1.54, 1.807) is 11.4 Å². The third-order valence-electron chi connectivity index (χ3n) is 2.32. The first-order chi connectivity index (χ1) is 8.99. The van der Waals surface area contributed by atoms with Crippen molar-refractivity contribution in [3.8, 4) is 0 Å². The number of aromatic nitrogens is 2. The van der Waals surface area contributed by atoms with Crippen LogP contribution in [0.25, 0.3) is 10.2 Å². The number of carbonyl (C=O) groups is 2. The van der Waals surface area contributed by atoms with Crippen molar-refractivity contribution in [1.82, 2.24) is 14.9 Å². The normalized spacial score (nSPS) is 10.5. The van der Waals surface area contributed by atoms with Gasteiger partial charge in [0.1, 0.15) is 11.2 Å². The van der Waals surface area contributed by atoms with E-state index in [2.05, 4.69) is 4.98 Å². The van der Waals surface area contributed by atoms with Crippen molar-refractivity contribution in [2.45, 2.75) is 6.54 Å². The topological polar surface area (TPSA) is 124 Å². The molecule has 2 rings (SSSR count). The van der Waals surface area contributed by atoms with Crippen molar-refractivity contribution in [2.24, 2.45) is 0 Å². The molecule has 0 aliphatic heterocycles. The molecule has 2 heterocycles. The number of H-pyrrole nitrogens is 1. The van der Waals surface area contributed by atoms with E-state index in [0.29, 0.717) is 14.8 Å². The number of aliphatic carboxylic acids is 1. The fourth-order valence-corrected chi connectivity index (χ4v) is 2.28. The third kappa shape index (κ3) is 2.71. The van der Waals surface area contributed by atoms with Crippen LogP contribution in [-0.2, 0) is 16.1 Å². The van der Waals surface area contributed by atoms with Gasteiger partial charge in [-0.1, -0.05) is 0 Å². The molecule has 9 heteroatoms. The van der Waals surface area contributed by atoms with Crippen LogP contribution in [0.3, 0.4) is 0 Å². The summed E-state index contributed by atoms with van der Waals surface area (Å²) in [6, 6.07) is 1.59. The minimum atomic E-state index is -1.46. The van der Waals surface area contributed by atoms with Gasteiger partial charge in [0, 0.05) is 0 Å². The molecule has 0 radical (unpaired) electrons. The molecule has 2 aromatic heterocycles. The number of carboxylic acid groups (broad SMARTS) is 1. The Bertz CT molecular complexity index is 756. The van der Waals surface area contributed by atoms with Crippen LogP contribution in [0.2, 0.25) is 0 Å². The molecule has 19 heavy (non-hydrogen) atoms. The molecule has 0 aliphatic rings. The van der Waals surface area contributed by atoms with Gasteiger partial charge in [-0.2, -0.15) is 0 Å². The number of hydrogen-bond acceptors (Lipinski definition) is 6. The van der Waals surface area contributed by atoms with E-state index in [9.17, 15) is 24.3 Å². The van der Waals surface area contributed by atoms with Gasteiger partial charge in [-0.25, -0.2) is 9.36 Å². The van der Waals surface area contributed by atoms with Gasteiger partial charge in [-0.15, -0.1) is 11.3 Å². The number of fused-ring (bicyclic) bond motifs is 1. The Hall–Kier alpha value is -2.42. The first kappa shape index (κ1) is 13.0. The fourth-order valence-electron chi connectivity index (χ4n) is 1.48. The summed E-state index contributed by atoms with van der Waals surface area (Å²) in [6.07, 6.45) is 0. The van der Waals surface area contributed by atoms with Crippen LogP contribution in [0, 0.1) is 0 Å². The highest BCUT2D eigenvalue weighted by Crippen LogP contribution is 2.11. The van der Waals surface area contributed by atoms with Crippen molar-refractivity contribution in [2.75, 3.05) is 6.54 Å². The smallest absolute Gasteiger partial charge is 0.329 e. The quantitative estimate of drug-likeness (QED) is 0.648. The maximum Gasteiger partial charge on any atom is 0.329 e. The predicted octanol–water partition coefficient (Wildman–Crippen LogP) is -2.38. The minimum Gasteiger partial charge on any atom is -0.548 e. The Kier molecular flexibility index (Phi) is 3.47. The molecule has 0 atom stereocenters. The van der Waals surface area contributed by atoms with Gasteiger partial charge in [0.15, 0.2) is 0 Å². The second kappa shape index (κ2) is 5.06. The number of hydrogen-bond donors (Lipinski definition) is 2. The van der Waals surface area contributed by atoms with Crippen LogP contribution in [0.1, 0.15) is 0 Å². The monoisotopic (exact) mass is 282 g/mol. The van der Waals surface area contributed by atoms with Crippen LogP contribution >= 0.6 is 11.3 Å². The maximum atomic E-state index is 11.9. The fraction of sp³-hybridized carbons (Fsp3) is 0.200. The SMILES string of the molecule is O=C([O-])CNC(=O)Cn1c(=O)[nH]c2ccsc2c1=O. The molecule has 0 aliphatic carbocycles. The van der Waals surface area contributed by atoms with Gasteiger partial charge < -0.3 is 20.2 Å². The molecule has 0 saturated heterocycles. The summed E-state index contributed by atoms with van der Waals surface area (Å²) in [7, 11) is 0.